The topological polar surface area (TPSA) is 117 Å². The maximum atomic E-state index is 14.9. The normalized spacial score (nSPS) is 21.0. The van der Waals surface area contributed by atoms with Gasteiger partial charge in [-0.05, 0) is 164 Å². The molecule has 12 nitrogen and oxygen atoms in total. The van der Waals surface area contributed by atoms with E-state index in [1.165, 1.54) is 47.9 Å². The Morgan fingerprint density at radius 1 is 0.594 bits per heavy atom. The highest BCUT2D eigenvalue weighted by Crippen LogP contribution is 2.35. The van der Waals surface area contributed by atoms with Crippen LogP contribution in [0, 0.1) is 17.5 Å². The zero-order valence-corrected chi connectivity index (χ0v) is 53.9. The minimum Gasteiger partial charge on any atom is -0.336 e. The highest BCUT2D eigenvalue weighted by Gasteiger charge is 2.33. The SMILES string of the molecule is [2H]c1c([2H])c(C(F)(F)F)c([2H])c([2H])c1-c1c([2H])c([2H])c(C([2H])([2H])N(CCN(C([2H])([2H])C)C([2H])([2H])C)C(=O)Cn2c(SCc3ccc(F)cc3)nc(=O)c3c2C([2H])([2H])C([2H])(C)C3([2H])[2H])c([2H])c1[2H].[2H]c1c([2H])c(CSc2nc(=O)c3c(n2CC(=O)N(CCN(C([2H])([2H])C)C([2H])([2H])C)C([2H])(C)c2ccc(-c4ccc(C(F)(F)F)cc4)cc2)CCC3)c([2H])c([2H])c1F. The van der Waals surface area contributed by atoms with Crippen LogP contribution in [0.3, 0.4) is 0 Å². The molecule has 0 N–H and O–H groups in total. The molecule has 0 fully saturated rings. The Labute approximate surface area is 603 Å². The standard InChI is InChI=1S/2C37H40F4N4O2S/c1-4-43(5-2)18-19-44(22-26-6-10-28(11-7-26)29-12-14-30(15-13-29)37(39,40)41)34(46)23-45-33-21-25(3)20-32(33)35(47)42-36(45)48-24-27-8-16-31(38)17-9-27;1-4-43(5-2)21-22-44(25(3)27-11-13-28(14-12-27)29-15-17-30(18-16-29)37(39,40)41)34(46)23-45-33-8-6-7-32(33)35(47)42-36(45)48-24-26-9-19-31(38)20-10-26/h6-17,25H,4-5,18-24H2,1-3H3;9-20,25H,4-8,21-24H2,1-3H3/i4D2,5D2,6D,7D,10D,11D,12D,13D,14D,15D,20D2,21D2,22D2,25D;4D2,5D2,9D,10D,19D,20D,25D. The van der Waals surface area contributed by atoms with Crippen LogP contribution in [0.5, 0.6) is 0 Å². The number of amides is 2. The molecule has 0 aliphatic heterocycles. The molecule has 8 aromatic rings. The molecular weight excluding hydrogens is 1280 g/mol. The molecule has 10 rings (SSSR count). The van der Waals surface area contributed by atoms with E-state index in [0.717, 1.165) is 80.4 Å². The Balaban J connectivity index is 0.000000285. The molecule has 2 unspecified atom stereocenters. The first-order chi connectivity index (χ1) is 56.6. The van der Waals surface area contributed by atoms with Crippen molar-refractivity contribution in [3.05, 3.63) is 234 Å². The molecule has 22 heteroatoms. The van der Waals surface area contributed by atoms with Gasteiger partial charge in [-0.25, -0.2) is 8.78 Å². The van der Waals surface area contributed by atoms with E-state index in [9.17, 15) is 58.4 Å². The van der Waals surface area contributed by atoms with Crippen LogP contribution in [-0.4, -0.2) is 103 Å². The van der Waals surface area contributed by atoms with Crippen molar-refractivity contribution in [3.8, 4) is 22.3 Å². The van der Waals surface area contributed by atoms with Gasteiger partial charge in [-0.2, -0.15) is 36.3 Å². The van der Waals surface area contributed by atoms with Crippen LogP contribution in [0.2, 0.25) is 0 Å². The second kappa shape index (κ2) is 32.9. The molecule has 2 atom stereocenters. The van der Waals surface area contributed by atoms with Crippen molar-refractivity contribution in [3.63, 3.8) is 0 Å². The lowest BCUT2D eigenvalue weighted by Gasteiger charge is -2.33. The molecule has 2 amide bonds. The van der Waals surface area contributed by atoms with E-state index in [4.69, 9.17) is 34.3 Å². The largest absolute Gasteiger partial charge is 0.416 e. The summed E-state index contributed by atoms with van der Waals surface area (Å²) in [6, 6.07) is -0.634. The van der Waals surface area contributed by atoms with Crippen LogP contribution >= 0.6 is 23.5 Å². The Hall–Kier alpha value is -7.92. The van der Waals surface area contributed by atoms with Gasteiger partial charge in [-0.15, -0.1) is 0 Å². The average molecular weight is 1390 g/mol. The van der Waals surface area contributed by atoms with E-state index < -0.39 is 247 Å². The number of aromatic nitrogens is 4. The van der Waals surface area contributed by atoms with Crippen molar-refractivity contribution in [2.45, 2.75) is 133 Å². The fourth-order valence-electron chi connectivity index (χ4n) is 9.90. The van der Waals surface area contributed by atoms with E-state index in [1.807, 2.05) is 0 Å². The number of nitrogens with zero attached hydrogens (tertiary/aromatic N) is 8. The summed E-state index contributed by atoms with van der Waals surface area (Å²) < 4.78 is 350. The first kappa shape index (κ1) is 43.4. The van der Waals surface area contributed by atoms with Gasteiger partial charge in [0.2, 0.25) is 11.8 Å². The molecular formula is C74H80F8N8O4S2. The molecule has 0 saturated carbocycles. The third-order valence-electron chi connectivity index (χ3n) is 14.9. The van der Waals surface area contributed by atoms with Crippen molar-refractivity contribution in [1.82, 2.24) is 38.7 Å². The van der Waals surface area contributed by atoms with Crippen LogP contribution in [0.1, 0.15) is 148 Å². The van der Waals surface area contributed by atoms with Crippen molar-refractivity contribution < 1.29 is 83.1 Å². The van der Waals surface area contributed by atoms with Gasteiger partial charge in [-0.1, -0.05) is 155 Å². The number of hydrogen-bond donors (Lipinski definition) is 0. The number of rotatable bonds is 26. The van der Waals surface area contributed by atoms with Gasteiger partial charge in [0.15, 0.2) is 10.3 Å². The predicted molar refractivity (Wildman–Crippen MR) is 362 cm³/mol. The third-order valence-corrected chi connectivity index (χ3v) is 16.9. The lowest BCUT2D eigenvalue weighted by Crippen LogP contribution is -2.42. The summed E-state index contributed by atoms with van der Waals surface area (Å²) in [5.74, 6) is -7.33. The monoisotopic (exact) mass is 1390 g/mol. The zero-order valence-electron chi connectivity index (χ0n) is 80.3. The number of halogens is 8. The van der Waals surface area contributed by atoms with Crippen molar-refractivity contribution >= 4 is 35.3 Å². The molecule has 2 heterocycles. The Morgan fingerprint density at radius 3 is 1.66 bits per heavy atom. The fourth-order valence-corrected chi connectivity index (χ4v) is 11.7. The third kappa shape index (κ3) is 18.8. The number of hydrogen-bond acceptors (Lipinski definition) is 10. The Kier molecular flexibility index (Phi) is 14.9. The number of carbonyl (C=O) groups is 2. The van der Waals surface area contributed by atoms with E-state index in [-0.39, 0.29) is 45.8 Å². The van der Waals surface area contributed by atoms with Gasteiger partial charge in [0.05, 0.1) is 37.7 Å². The maximum Gasteiger partial charge on any atom is 0.416 e. The molecule has 0 bridgehead atoms. The number of fused-ring (bicyclic) bond motifs is 2. The lowest BCUT2D eigenvalue weighted by atomic mass is 9.99. The minimum absolute atomic E-state index is 0.000811. The highest BCUT2D eigenvalue weighted by atomic mass is 32.2. The first-order valence-electron chi connectivity index (χ1n) is 43.4. The summed E-state index contributed by atoms with van der Waals surface area (Å²) in [5, 5.41) is -0.500. The summed E-state index contributed by atoms with van der Waals surface area (Å²) in [5.41, 5.74) is -7.62. The van der Waals surface area contributed by atoms with Crippen LogP contribution in [0.15, 0.2) is 165 Å². The molecule has 2 aliphatic carbocycles. The van der Waals surface area contributed by atoms with Crippen LogP contribution in [-0.2, 0) is 78.6 Å². The average Bonchev–Trinajstić information content (AvgIpc) is 1.52. The van der Waals surface area contributed by atoms with Gasteiger partial charge in [-0.3, -0.25) is 19.2 Å². The van der Waals surface area contributed by atoms with E-state index in [0.29, 0.717) is 68.4 Å². The summed E-state index contributed by atoms with van der Waals surface area (Å²) in [4.78, 5) is 67.2. The first-order valence-corrected chi connectivity index (χ1v) is 31.3. The number of thioether (sulfide) groups is 2. The number of benzene rings is 6. The quantitative estimate of drug-likeness (QED) is 0.0295. The Morgan fingerprint density at radius 2 is 1.09 bits per heavy atom. The molecule has 2 aliphatic rings. The maximum absolute atomic E-state index is 14.9. The van der Waals surface area contributed by atoms with Crippen LogP contribution in [0.4, 0.5) is 35.1 Å². The molecule has 508 valence electrons. The molecule has 6 aromatic carbocycles. The molecule has 0 spiro atoms. The summed E-state index contributed by atoms with van der Waals surface area (Å²) >= 11 is 1.51. The molecule has 0 saturated heterocycles. The second-order valence-corrected chi connectivity index (χ2v) is 23.0. The van der Waals surface area contributed by atoms with Gasteiger partial charge >= 0.3 is 12.4 Å². The smallest absolute Gasteiger partial charge is 0.336 e. The van der Waals surface area contributed by atoms with E-state index in [1.54, 1.807) is 12.1 Å². The lowest BCUT2D eigenvalue weighted by molar-refractivity contribution is -0.138. The fraction of sp³-hybridized carbons (Fsp3) is 0.378. The number of carbonyl (C=O) groups excluding carboxylic acids is 2. The van der Waals surface area contributed by atoms with Crippen LogP contribution in [0.25, 0.3) is 22.3 Å². The minimum atomic E-state index is -5.41. The van der Waals surface area contributed by atoms with Gasteiger partial charge in [0.25, 0.3) is 11.1 Å². The summed E-state index contributed by atoms with van der Waals surface area (Å²) in [6.45, 7) is -11.1. The summed E-state index contributed by atoms with van der Waals surface area (Å²) in [7, 11) is 0. The van der Waals surface area contributed by atoms with Crippen molar-refractivity contribution in [2.75, 3.05) is 52.2 Å². The molecule has 2 aromatic heterocycles. The van der Waals surface area contributed by atoms with Crippen molar-refractivity contribution in [2.24, 2.45) is 5.89 Å². The van der Waals surface area contributed by atoms with E-state index >= 15 is 0 Å². The Bertz CT molecular complexity index is 5480. The van der Waals surface area contributed by atoms with E-state index in [2.05, 4.69) is 9.97 Å². The van der Waals surface area contributed by atoms with Gasteiger partial charge < -0.3 is 28.7 Å². The van der Waals surface area contributed by atoms with Gasteiger partial charge in [0.1, 0.15) is 24.7 Å². The number of alkyl halides is 6. The molecule has 0 radical (unpaired) electrons. The summed E-state index contributed by atoms with van der Waals surface area (Å²) in [6.07, 6.45) is -14.8. The zero-order chi connectivity index (χ0) is 93.7. The highest BCUT2D eigenvalue weighted by molar-refractivity contribution is 7.98. The van der Waals surface area contributed by atoms with Crippen LogP contribution < -0.4 is 11.1 Å². The molecule has 96 heavy (non-hydrogen) atoms. The van der Waals surface area contributed by atoms with Gasteiger partial charge in [0, 0.05) is 84.5 Å². The predicted octanol–water partition coefficient (Wildman–Crippen LogP) is 15.2. The van der Waals surface area contributed by atoms with Crippen molar-refractivity contribution in [1.29, 1.82) is 0 Å². The number of likely N-dealkylation sites (N-methyl/N-ethyl adjacent to an activating group) is 2. The second-order valence-electron chi connectivity index (χ2n) is 21.1.